The SMILES string of the molecule is CCC(CCNc1nc2ccc(C)cc2cc1C(=N)N=O)NC1CCCCCC1. The fourth-order valence-corrected chi connectivity index (χ4v) is 4.21. The van der Waals surface area contributed by atoms with Gasteiger partial charge in [-0.1, -0.05) is 44.2 Å². The summed E-state index contributed by atoms with van der Waals surface area (Å²) in [5.74, 6) is 0.280. The molecule has 1 aromatic heterocycles. The first-order chi connectivity index (χ1) is 14.1. The second kappa shape index (κ2) is 10.4. The van der Waals surface area contributed by atoms with Crippen molar-refractivity contribution < 1.29 is 0 Å². The van der Waals surface area contributed by atoms with Gasteiger partial charge in [-0.3, -0.25) is 5.41 Å². The van der Waals surface area contributed by atoms with E-state index < -0.39 is 0 Å². The maximum Gasteiger partial charge on any atom is 0.200 e. The standard InChI is InChI=1S/C23H33N5O/c1-3-18(26-19-8-6-4-5-7-9-19)12-13-25-23-20(22(24)28-29)15-17-14-16(2)10-11-21(17)27-23/h10-11,14-15,18-19,24,26H,3-9,12-13H2,1-2H3,(H,25,27). The number of hydrogen-bond donors (Lipinski definition) is 3. The first-order valence-electron chi connectivity index (χ1n) is 10.9. The van der Waals surface area contributed by atoms with E-state index in [0.717, 1.165) is 35.9 Å². The highest BCUT2D eigenvalue weighted by Gasteiger charge is 2.17. The lowest BCUT2D eigenvalue weighted by atomic mass is 10.0. The summed E-state index contributed by atoms with van der Waals surface area (Å²) in [5, 5.41) is 18.9. The van der Waals surface area contributed by atoms with Gasteiger partial charge in [-0.25, -0.2) is 4.98 Å². The summed E-state index contributed by atoms with van der Waals surface area (Å²) in [6.45, 7) is 4.98. The molecule has 1 atom stereocenters. The van der Waals surface area contributed by atoms with Gasteiger partial charge in [0.2, 0.25) is 0 Å². The molecule has 6 nitrogen and oxygen atoms in total. The zero-order valence-electron chi connectivity index (χ0n) is 17.6. The van der Waals surface area contributed by atoms with Crippen LogP contribution in [0.1, 0.15) is 69.4 Å². The van der Waals surface area contributed by atoms with E-state index in [9.17, 15) is 4.91 Å². The van der Waals surface area contributed by atoms with Crippen LogP contribution < -0.4 is 10.6 Å². The van der Waals surface area contributed by atoms with Crippen LogP contribution in [0.25, 0.3) is 10.9 Å². The Morgan fingerprint density at radius 1 is 1.24 bits per heavy atom. The normalized spacial score (nSPS) is 16.3. The average Bonchev–Trinajstić information content (AvgIpc) is 3.00. The molecule has 0 amide bonds. The van der Waals surface area contributed by atoms with Gasteiger partial charge in [0, 0.05) is 24.0 Å². The van der Waals surface area contributed by atoms with Crippen molar-refractivity contribution >= 4 is 22.6 Å². The molecule has 0 aliphatic heterocycles. The van der Waals surface area contributed by atoms with E-state index in [1.54, 1.807) is 0 Å². The van der Waals surface area contributed by atoms with Crippen molar-refractivity contribution in [3.63, 3.8) is 0 Å². The molecular weight excluding hydrogens is 362 g/mol. The van der Waals surface area contributed by atoms with E-state index in [-0.39, 0.29) is 5.84 Å². The number of amidine groups is 1. The molecule has 156 valence electrons. The number of nitrogens with zero attached hydrogens (tertiary/aromatic N) is 2. The van der Waals surface area contributed by atoms with Gasteiger partial charge >= 0.3 is 0 Å². The van der Waals surface area contributed by atoms with Gasteiger partial charge in [0.15, 0.2) is 5.84 Å². The van der Waals surface area contributed by atoms with Crippen LogP contribution in [0.2, 0.25) is 0 Å². The molecule has 1 aromatic carbocycles. The molecule has 1 aliphatic rings. The Bertz CT molecular complexity index is 843. The second-order valence-corrected chi connectivity index (χ2v) is 8.20. The third kappa shape index (κ3) is 5.82. The number of nitrogens with one attached hydrogen (secondary N) is 3. The molecule has 1 unspecified atom stereocenters. The van der Waals surface area contributed by atoms with Gasteiger partial charge in [-0.2, -0.15) is 0 Å². The lowest BCUT2D eigenvalue weighted by Gasteiger charge is -2.24. The fourth-order valence-electron chi connectivity index (χ4n) is 4.21. The molecule has 29 heavy (non-hydrogen) atoms. The van der Waals surface area contributed by atoms with Crippen molar-refractivity contribution in [2.45, 2.75) is 77.3 Å². The molecule has 0 radical (unpaired) electrons. The van der Waals surface area contributed by atoms with E-state index in [1.165, 1.54) is 38.5 Å². The molecular formula is C23H33N5O. The summed E-state index contributed by atoms with van der Waals surface area (Å²) in [6, 6.07) is 8.93. The maximum atomic E-state index is 11.0. The molecule has 0 bridgehead atoms. The lowest BCUT2D eigenvalue weighted by molar-refractivity contribution is 0.375. The number of rotatable bonds is 8. The minimum atomic E-state index is -0.285. The van der Waals surface area contributed by atoms with E-state index in [2.05, 4.69) is 27.7 Å². The van der Waals surface area contributed by atoms with Crippen molar-refractivity contribution in [1.29, 1.82) is 5.41 Å². The Morgan fingerprint density at radius 2 is 2.00 bits per heavy atom. The molecule has 0 spiro atoms. The quantitative estimate of drug-likeness (QED) is 0.237. The Hall–Kier alpha value is -2.34. The van der Waals surface area contributed by atoms with E-state index in [4.69, 9.17) is 5.41 Å². The van der Waals surface area contributed by atoms with Crippen LogP contribution in [0.15, 0.2) is 29.4 Å². The largest absolute Gasteiger partial charge is 0.369 e. The Kier molecular flexibility index (Phi) is 7.69. The number of fused-ring (bicyclic) bond motifs is 1. The first kappa shape index (κ1) is 21.4. The van der Waals surface area contributed by atoms with Crippen LogP contribution in [-0.2, 0) is 0 Å². The highest BCUT2D eigenvalue weighted by molar-refractivity contribution is 6.04. The minimum absolute atomic E-state index is 0.285. The molecule has 1 fully saturated rings. The monoisotopic (exact) mass is 395 g/mol. The van der Waals surface area contributed by atoms with E-state index in [1.807, 2.05) is 31.2 Å². The summed E-state index contributed by atoms with van der Waals surface area (Å²) in [6.07, 6.45) is 10.0. The Balaban J connectivity index is 1.67. The fraction of sp³-hybridized carbons (Fsp3) is 0.565. The summed E-state index contributed by atoms with van der Waals surface area (Å²) in [7, 11) is 0. The number of anilines is 1. The maximum absolute atomic E-state index is 11.0. The molecule has 3 rings (SSSR count). The van der Waals surface area contributed by atoms with Gasteiger partial charge in [-0.05, 0) is 56.0 Å². The first-order valence-corrected chi connectivity index (χ1v) is 10.9. The Morgan fingerprint density at radius 3 is 2.69 bits per heavy atom. The van der Waals surface area contributed by atoms with Gasteiger partial charge in [0.1, 0.15) is 5.82 Å². The van der Waals surface area contributed by atoms with Crippen molar-refractivity contribution in [2.75, 3.05) is 11.9 Å². The number of hydrogen-bond acceptors (Lipinski definition) is 5. The van der Waals surface area contributed by atoms with E-state index in [0.29, 0.717) is 23.5 Å². The highest BCUT2D eigenvalue weighted by atomic mass is 16.3. The van der Waals surface area contributed by atoms with Crippen molar-refractivity contribution in [2.24, 2.45) is 5.18 Å². The number of benzene rings is 1. The summed E-state index contributed by atoms with van der Waals surface area (Å²) in [4.78, 5) is 15.7. The van der Waals surface area contributed by atoms with Crippen molar-refractivity contribution in [3.8, 4) is 0 Å². The van der Waals surface area contributed by atoms with Crippen molar-refractivity contribution in [1.82, 2.24) is 10.3 Å². The molecule has 3 N–H and O–H groups in total. The second-order valence-electron chi connectivity index (χ2n) is 8.20. The molecule has 1 saturated carbocycles. The van der Waals surface area contributed by atoms with Gasteiger partial charge < -0.3 is 10.6 Å². The van der Waals surface area contributed by atoms with Crippen LogP contribution in [0.4, 0.5) is 5.82 Å². The van der Waals surface area contributed by atoms with E-state index >= 15 is 0 Å². The summed E-state index contributed by atoms with van der Waals surface area (Å²) >= 11 is 0. The highest BCUT2D eigenvalue weighted by Crippen LogP contribution is 2.23. The molecule has 0 saturated heterocycles. The van der Waals surface area contributed by atoms with Gasteiger partial charge in [0.25, 0.3) is 0 Å². The predicted octanol–water partition coefficient (Wildman–Crippen LogP) is 5.53. The van der Waals surface area contributed by atoms with Gasteiger partial charge in [-0.15, -0.1) is 4.91 Å². The lowest BCUT2D eigenvalue weighted by Crippen LogP contribution is -2.38. The zero-order chi connectivity index (χ0) is 20.6. The Labute approximate surface area is 173 Å². The number of nitroso groups, excluding NO2 is 1. The molecule has 2 aromatic rings. The third-order valence-corrected chi connectivity index (χ3v) is 5.92. The number of aromatic nitrogens is 1. The van der Waals surface area contributed by atoms with Gasteiger partial charge in [0.05, 0.1) is 11.1 Å². The number of aryl methyl sites for hydroxylation is 1. The van der Waals surface area contributed by atoms with Crippen LogP contribution in [0.3, 0.4) is 0 Å². The van der Waals surface area contributed by atoms with Crippen LogP contribution in [-0.4, -0.2) is 29.4 Å². The summed E-state index contributed by atoms with van der Waals surface area (Å²) < 4.78 is 0. The smallest absolute Gasteiger partial charge is 0.200 e. The van der Waals surface area contributed by atoms with Crippen molar-refractivity contribution in [3.05, 3.63) is 40.3 Å². The third-order valence-electron chi connectivity index (χ3n) is 5.92. The van der Waals surface area contributed by atoms with Crippen LogP contribution in [0.5, 0.6) is 0 Å². The topological polar surface area (TPSA) is 90.2 Å². The predicted molar refractivity (Wildman–Crippen MR) is 121 cm³/mol. The number of pyridine rings is 1. The zero-order valence-corrected chi connectivity index (χ0v) is 17.6. The average molecular weight is 396 g/mol. The van der Waals surface area contributed by atoms with Crippen LogP contribution in [0, 0.1) is 17.2 Å². The molecule has 1 aliphatic carbocycles. The molecule has 1 heterocycles. The minimum Gasteiger partial charge on any atom is -0.369 e. The molecule has 6 heteroatoms. The van der Waals surface area contributed by atoms with Crippen LogP contribution >= 0.6 is 0 Å². The summed E-state index contributed by atoms with van der Waals surface area (Å²) in [5.41, 5.74) is 2.43.